The van der Waals surface area contributed by atoms with Crippen LogP contribution in [-0.4, -0.2) is 32.0 Å². The van der Waals surface area contributed by atoms with Gasteiger partial charge in [-0.15, -0.1) is 0 Å². The van der Waals surface area contributed by atoms with Gasteiger partial charge in [0.25, 0.3) is 0 Å². The first-order chi connectivity index (χ1) is 12.9. The molecule has 27 heavy (non-hydrogen) atoms. The van der Waals surface area contributed by atoms with E-state index in [2.05, 4.69) is 19.2 Å². The molecule has 2 amide bonds. The molecule has 0 heterocycles. The number of amides is 2. The lowest BCUT2D eigenvalue weighted by molar-refractivity contribution is -0.121. The van der Waals surface area contributed by atoms with Gasteiger partial charge in [-0.25, -0.2) is 0 Å². The van der Waals surface area contributed by atoms with E-state index in [1.165, 1.54) is 0 Å². The molecule has 0 aliphatic heterocycles. The highest BCUT2D eigenvalue weighted by Crippen LogP contribution is 2.27. The molecule has 5 heteroatoms. The van der Waals surface area contributed by atoms with Crippen molar-refractivity contribution < 1.29 is 14.3 Å². The van der Waals surface area contributed by atoms with E-state index < -0.39 is 0 Å². The summed E-state index contributed by atoms with van der Waals surface area (Å²) in [5.41, 5.74) is 2.95. The van der Waals surface area contributed by atoms with Crippen molar-refractivity contribution >= 4 is 17.5 Å². The Bertz CT molecular complexity index is 769. The zero-order chi connectivity index (χ0) is 19.8. The number of anilines is 1. The van der Waals surface area contributed by atoms with Crippen LogP contribution in [0.15, 0.2) is 48.5 Å². The smallest absolute Gasteiger partial charge is 0.224 e. The van der Waals surface area contributed by atoms with Crippen LogP contribution >= 0.6 is 0 Å². The van der Waals surface area contributed by atoms with Crippen LogP contribution in [0.5, 0.6) is 5.75 Å². The molecule has 2 aromatic rings. The average Bonchev–Trinajstić information content (AvgIpc) is 2.65. The Labute approximate surface area is 161 Å². The molecule has 1 N–H and O–H groups in total. The molecule has 0 fully saturated rings. The largest absolute Gasteiger partial charge is 0.497 e. The Balaban J connectivity index is 1.94. The van der Waals surface area contributed by atoms with Crippen LogP contribution in [0.2, 0.25) is 0 Å². The highest BCUT2D eigenvalue weighted by molar-refractivity contribution is 5.92. The quantitative estimate of drug-likeness (QED) is 0.775. The first-order valence-corrected chi connectivity index (χ1v) is 9.19. The molecule has 144 valence electrons. The van der Waals surface area contributed by atoms with E-state index in [1.807, 2.05) is 48.5 Å². The molecular weight excluding hydrogens is 340 g/mol. The van der Waals surface area contributed by atoms with E-state index in [9.17, 15) is 9.59 Å². The van der Waals surface area contributed by atoms with Crippen molar-refractivity contribution in [3.63, 3.8) is 0 Å². The number of carbonyl (C=O) groups is 2. The van der Waals surface area contributed by atoms with Gasteiger partial charge in [0.15, 0.2) is 0 Å². The van der Waals surface area contributed by atoms with E-state index in [0.29, 0.717) is 25.4 Å². The molecular formula is C22H28N2O3. The van der Waals surface area contributed by atoms with Gasteiger partial charge in [0.05, 0.1) is 13.5 Å². The summed E-state index contributed by atoms with van der Waals surface area (Å²) < 4.78 is 5.12. The lowest BCUT2D eigenvalue weighted by Gasteiger charge is -2.25. The first-order valence-electron chi connectivity index (χ1n) is 9.19. The Kier molecular flexibility index (Phi) is 7.41. The number of hydrogen-bond donors (Lipinski definition) is 1. The van der Waals surface area contributed by atoms with E-state index in [-0.39, 0.29) is 11.8 Å². The maximum Gasteiger partial charge on any atom is 0.224 e. The van der Waals surface area contributed by atoms with Crippen LogP contribution < -0.4 is 15.0 Å². The van der Waals surface area contributed by atoms with Gasteiger partial charge in [-0.05, 0) is 35.2 Å². The summed E-state index contributed by atoms with van der Waals surface area (Å²) >= 11 is 0. The fourth-order valence-electron chi connectivity index (χ4n) is 2.97. The number of para-hydroxylation sites is 1. The number of benzene rings is 2. The fourth-order valence-corrected chi connectivity index (χ4v) is 2.97. The van der Waals surface area contributed by atoms with Crippen LogP contribution in [-0.2, 0) is 16.0 Å². The summed E-state index contributed by atoms with van der Waals surface area (Å²) in [6.07, 6.45) is 0.298. The summed E-state index contributed by atoms with van der Waals surface area (Å²) in [4.78, 5) is 26.1. The second-order valence-electron chi connectivity index (χ2n) is 6.76. The van der Waals surface area contributed by atoms with Gasteiger partial charge < -0.3 is 15.0 Å². The SMILES string of the molecule is COc1ccc(CC(=O)NCCN(C(C)=O)c2ccccc2C(C)C)cc1. The second-order valence-corrected chi connectivity index (χ2v) is 6.76. The van der Waals surface area contributed by atoms with Crippen LogP contribution in [0.4, 0.5) is 5.69 Å². The topological polar surface area (TPSA) is 58.6 Å². The minimum Gasteiger partial charge on any atom is -0.497 e. The second kappa shape index (κ2) is 9.76. The molecule has 0 unspecified atom stereocenters. The normalized spacial score (nSPS) is 10.6. The van der Waals surface area contributed by atoms with Crippen molar-refractivity contribution in [2.45, 2.75) is 33.1 Å². The van der Waals surface area contributed by atoms with Crippen LogP contribution in [0, 0.1) is 0 Å². The molecule has 5 nitrogen and oxygen atoms in total. The Morgan fingerprint density at radius 3 is 2.33 bits per heavy atom. The Morgan fingerprint density at radius 1 is 1.07 bits per heavy atom. The van der Waals surface area contributed by atoms with Gasteiger partial charge in [-0.1, -0.05) is 44.2 Å². The number of nitrogens with one attached hydrogen (secondary N) is 1. The van der Waals surface area contributed by atoms with Gasteiger partial charge in [0.1, 0.15) is 5.75 Å². The molecule has 0 spiro atoms. The number of nitrogens with zero attached hydrogens (tertiary/aromatic N) is 1. The predicted octanol–water partition coefficient (Wildman–Crippen LogP) is 3.53. The number of carbonyl (C=O) groups excluding carboxylic acids is 2. The van der Waals surface area contributed by atoms with Crippen LogP contribution in [0.25, 0.3) is 0 Å². The van der Waals surface area contributed by atoms with Gasteiger partial charge in [0.2, 0.25) is 11.8 Å². The molecule has 0 atom stereocenters. The average molecular weight is 368 g/mol. The predicted molar refractivity (Wildman–Crippen MR) is 108 cm³/mol. The van der Waals surface area contributed by atoms with Crippen molar-refractivity contribution in [1.82, 2.24) is 5.32 Å². The lowest BCUT2D eigenvalue weighted by atomic mass is 10.0. The molecule has 0 saturated heterocycles. The van der Waals surface area contributed by atoms with Crippen molar-refractivity contribution in [2.24, 2.45) is 0 Å². The van der Waals surface area contributed by atoms with E-state index >= 15 is 0 Å². The third-order valence-corrected chi connectivity index (χ3v) is 4.41. The number of methoxy groups -OCH3 is 1. The zero-order valence-corrected chi connectivity index (χ0v) is 16.5. The molecule has 2 aromatic carbocycles. The van der Waals surface area contributed by atoms with Gasteiger partial charge >= 0.3 is 0 Å². The summed E-state index contributed by atoms with van der Waals surface area (Å²) in [5.74, 6) is 0.973. The molecule has 0 aliphatic rings. The molecule has 2 rings (SSSR count). The van der Waals surface area contributed by atoms with Crippen molar-refractivity contribution in [3.05, 3.63) is 59.7 Å². The van der Waals surface area contributed by atoms with Crippen LogP contribution in [0.1, 0.15) is 37.8 Å². The monoisotopic (exact) mass is 368 g/mol. The third kappa shape index (κ3) is 5.84. The van der Waals surface area contributed by atoms with Crippen molar-refractivity contribution in [1.29, 1.82) is 0 Å². The third-order valence-electron chi connectivity index (χ3n) is 4.41. The number of rotatable bonds is 8. The fraction of sp³-hybridized carbons (Fsp3) is 0.364. The molecule has 0 radical (unpaired) electrons. The summed E-state index contributed by atoms with van der Waals surface area (Å²) in [5, 5.41) is 2.90. The van der Waals surface area contributed by atoms with Crippen molar-refractivity contribution in [2.75, 3.05) is 25.1 Å². The standard InChI is InChI=1S/C22H28N2O3/c1-16(2)20-7-5-6-8-21(20)24(17(3)25)14-13-23-22(26)15-18-9-11-19(27-4)12-10-18/h5-12,16H,13-15H2,1-4H3,(H,23,26). The van der Waals surface area contributed by atoms with Gasteiger partial charge in [-0.2, -0.15) is 0 Å². The Morgan fingerprint density at radius 2 is 1.74 bits per heavy atom. The van der Waals surface area contributed by atoms with Crippen LogP contribution in [0.3, 0.4) is 0 Å². The van der Waals surface area contributed by atoms with E-state index in [4.69, 9.17) is 4.74 Å². The van der Waals surface area contributed by atoms with Gasteiger partial charge in [-0.3, -0.25) is 9.59 Å². The molecule has 0 bridgehead atoms. The minimum absolute atomic E-state index is 0.0347. The Hall–Kier alpha value is -2.82. The highest BCUT2D eigenvalue weighted by Gasteiger charge is 2.16. The van der Waals surface area contributed by atoms with E-state index in [0.717, 1.165) is 22.6 Å². The number of hydrogen-bond acceptors (Lipinski definition) is 3. The lowest BCUT2D eigenvalue weighted by Crippen LogP contribution is -2.38. The maximum absolute atomic E-state index is 12.2. The highest BCUT2D eigenvalue weighted by atomic mass is 16.5. The molecule has 0 saturated carbocycles. The van der Waals surface area contributed by atoms with Crippen molar-refractivity contribution in [3.8, 4) is 5.75 Å². The first kappa shape index (κ1) is 20.5. The minimum atomic E-state index is -0.0687. The molecule has 0 aromatic heterocycles. The molecule has 0 aliphatic carbocycles. The maximum atomic E-state index is 12.2. The zero-order valence-electron chi connectivity index (χ0n) is 16.5. The van der Waals surface area contributed by atoms with Gasteiger partial charge in [0, 0.05) is 25.7 Å². The summed E-state index contributed by atoms with van der Waals surface area (Å²) in [6, 6.07) is 15.3. The number of ether oxygens (including phenoxy) is 1. The summed E-state index contributed by atoms with van der Waals surface area (Å²) in [6.45, 7) is 6.60. The van der Waals surface area contributed by atoms with E-state index in [1.54, 1.807) is 18.9 Å². The summed E-state index contributed by atoms with van der Waals surface area (Å²) in [7, 11) is 1.61.